The predicted molar refractivity (Wildman–Crippen MR) is 49.7 cm³/mol. The van der Waals surface area contributed by atoms with E-state index in [2.05, 4.69) is 5.32 Å². The molecular weight excluding hydrogens is 155 g/mol. The monoisotopic (exact) mass is 168 g/mol. The Kier molecular flexibility index (Phi) is 2.53. The fourth-order valence-electron chi connectivity index (χ4n) is 1.12. The van der Waals surface area contributed by atoms with Crippen LogP contribution in [0.4, 0.5) is 15.8 Å². The molecule has 0 saturated carbocycles. The number of rotatable bonds is 2. The first-order valence-electron chi connectivity index (χ1n) is 3.94. The van der Waals surface area contributed by atoms with E-state index in [0.717, 1.165) is 5.69 Å². The molecule has 66 valence electrons. The van der Waals surface area contributed by atoms with Crippen molar-refractivity contribution in [2.75, 3.05) is 18.1 Å². The van der Waals surface area contributed by atoms with Gasteiger partial charge in [0.1, 0.15) is 5.82 Å². The largest absolute Gasteiger partial charge is 0.397 e. The molecule has 12 heavy (non-hydrogen) atoms. The Morgan fingerprint density at radius 2 is 2.17 bits per heavy atom. The van der Waals surface area contributed by atoms with E-state index in [0.29, 0.717) is 17.7 Å². The standard InChI is InChI=1S/C9H13FN2/c1-3-6-4-9(12-2)8(11)5-7(6)10/h4-5,12H,3,11H2,1-2H3. The molecule has 0 aliphatic rings. The third kappa shape index (κ3) is 1.49. The number of anilines is 2. The Bertz CT molecular complexity index is 259. The number of benzene rings is 1. The third-order valence-corrected chi connectivity index (χ3v) is 1.87. The fraction of sp³-hybridized carbons (Fsp3) is 0.333. The Balaban J connectivity index is 3.18. The van der Waals surface area contributed by atoms with Gasteiger partial charge in [0.2, 0.25) is 0 Å². The molecule has 0 heterocycles. The van der Waals surface area contributed by atoms with Crippen LogP contribution < -0.4 is 11.1 Å². The van der Waals surface area contributed by atoms with E-state index in [1.807, 2.05) is 6.92 Å². The topological polar surface area (TPSA) is 38.0 Å². The molecule has 0 saturated heterocycles. The minimum atomic E-state index is -0.228. The minimum absolute atomic E-state index is 0.228. The molecule has 0 radical (unpaired) electrons. The molecular formula is C9H13FN2. The van der Waals surface area contributed by atoms with Gasteiger partial charge in [-0.25, -0.2) is 4.39 Å². The van der Waals surface area contributed by atoms with Crippen molar-refractivity contribution in [3.8, 4) is 0 Å². The summed E-state index contributed by atoms with van der Waals surface area (Å²) in [5.41, 5.74) is 7.48. The van der Waals surface area contributed by atoms with E-state index in [-0.39, 0.29) is 5.82 Å². The fourth-order valence-corrected chi connectivity index (χ4v) is 1.12. The summed E-state index contributed by atoms with van der Waals surface area (Å²) in [4.78, 5) is 0. The number of aryl methyl sites for hydroxylation is 1. The van der Waals surface area contributed by atoms with Crippen LogP contribution in [0.1, 0.15) is 12.5 Å². The summed E-state index contributed by atoms with van der Waals surface area (Å²) in [7, 11) is 1.77. The smallest absolute Gasteiger partial charge is 0.128 e. The molecule has 0 fully saturated rings. The highest BCUT2D eigenvalue weighted by atomic mass is 19.1. The van der Waals surface area contributed by atoms with Crippen molar-refractivity contribution in [1.29, 1.82) is 0 Å². The van der Waals surface area contributed by atoms with Crippen LogP contribution in [0.15, 0.2) is 12.1 Å². The van der Waals surface area contributed by atoms with E-state index in [9.17, 15) is 4.39 Å². The van der Waals surface area contributed by atoms with Crippen LogP contribution in [0, 0.1) is 5.82 Å². The van der Waals surface area contributed by atoms with Crippen molar-refractivity contribution in [2.24, 2.45) is 0 Å². The van der Waals surface area contributed by atoms with E-state index >= 15 is 0 Å². The zero-order valence-corrected chi connectivity index (χ0v) is 7.32. The summed E-state index contributed by atoms with van der Waals surface area (Å²) in [6.07, 6.45) is 0.681. The molecule has 0 bridgehead atoms. The van der Waals surface area contributed by atoms with Crippen molar-refractivity contribution in [3.05, 3.63) is 23.5 Å². The number of hydrogen-bond donors (Lipinski definition) is 2. The highest BCUT2D eigenvalue weighted by Crippen LogP contribution is 2.22. The van der Waals surface area contributed by atoms with Gasteiger partial charge in [0.05, 0.1) is 11.4 Å². The first-order chi connectivity index (χ1) is 5.69. The van der Waals surface area contributed by atoms with Crippen molar-refractivity contribution < 1.29 is 4.39 Å². The number of nitrogens with one attached hydrogen (secondary N) is 1. The van der Waals surface area contributed by atoms with Gasteiger partial charge in [0.15, 0.2) is 0 Å². The Hall–Kier alpha value is -1.25. The van der Waals surface area contributed by atoms with Crippen LogP contribution in [0.3, 0.4) is 0 Å². The van der Waals surface area contributed by atoms with Crippen molar-refractivity contribution in [1.82, 2.24) is 0 Å². The molecule has 0 spiro atoms. The molecule has 0 aliphatic carbocycles. The lowest BCUT2D eigenvalue weighted by Gasteiger charge is -2.07. The van der Waals surface area contributed by atoms with E-state index in [1.54, 1.807) is 13.1 Å². The Morgan fingerprint density at radius 3 is 2.67 bits per heavy atom. The summed E-state index contributed by atoms with van der Waals surface area (Å²) in [6, 6.07) is 3.09. The first kappa shape index (κ1) is 8.84. The van der Waals surface area contributed by atoms with Crippen LogP contribution in [0.25, 0.3) is 0 Å². The van der Waals surface area contributed by atoms with Crippen LogP contribution in [0.2, 0.25) is 0 Å². The van der Waals surface area contributed by atoms with Crippen LogP contribution >= 0.6 is 0 Å². The van der Waals surface area contributed by atoms with E-state index < -0.39 is 0 Å². The summed E-state index contributed by atoms with van der Waals surface area (Å²) in [6.45, 7) is 1.91. The average molecular weight is 168 g/mol. The highest BCUT2D eigenvalue weighted by Gasteiger charge is 2.04. The average Bonchev–Trinajstić information content (AvgIpc) is 2.05. The molecule has 1 aromatic rings. The van der Waals surface area contributed by atoms with Gasteiger partial charge in [-0.05, 0) is 24.1 Å². The number of halogens is 1. The van der Waals surface area contributed by atoms with Crippen LogP contribution in [-0.2, 0) is 6.42 Å². The molecule has 1 aromatic carbocycles. The van der Waals surface area contributed by atoms with Crippen molar-refractivity contribution >= 4 is 11.4 Å². The van der Waals surface area contributed by atoms with Crippen molar-refractivity contribution in [3.63, 3.8) is 0 Å². The molecule has 0 aliphatic heterocycles. The van der Waals surface area contributed by atoms with Gasteiger partial charge < -0.3 is 11.1 Å². The SMILES string of the molecule is CCc1cc(NC)c(N)cc1F. The molecule has 0 atom stereocenters. The van der Waals surface area contributed by atoms with Gasteiger partial charge in [-0.3, -0.25) is 0 Å². The quantitative estimate of drug-likeness (QED) is 0.663. The Morgan fingerprint density at radius 1 is 1.50 bits per heavy atom. The summed E-state index contributed by atoms with van der Waals surface area (Å²) in [5, 5.41) is 2.91. The second-order valence-corrected chi connectivity index (χ2v) is 2.63. The zero-order chi connectivity index (χ0) is 9.14. The molecule has 0 amide bonds. The number of nitrogens with two attached hydrogens (primary N) is 1. The molecule has 0 aromatic heterocycles. The van der Waals surface area contributed by atoms with Gasteiger partial charge >= 0.3 is 0 Å². The minimum Gasteiger partial charge on any atom is -0.397 e. The first-order valence-corrected chi connectivity index (χ1v) is 3.94. The molecule has 1 rings (SSSR count). The lowest BCUT2D eigenvalue weighted by atomic mass is 10.1. The molecule has 0 unspecified atom stereocenters. The highest BCUT2D eigenvalue weighted by molar-refractivity contribution is 5.67. The Labute approximate surface area is 71.6 Å². The second kappa shape index (κ2) is 3.43. The molecule has 2 nitrogen and oxygen atoms in total. The van der Waals surface area contributed by atoms with Crippen molar-refractivity contribution in [2.45, 2.75) is 13.3 Å². The maximum atomic E-state index is 13.1. The maximum absolute atomic E-state index is 13.1. The predicted octanol–water partition coefficient (Wildman–Crippen LogP) is 2.01. The third-order valence-electron chi connectivity index (χ3n) is 1.87. The van der Waals surface area contributed by atoms with E-state index in [1.165, 1.54) is 6.07 Å². The van der Waals surface area contributed by atoms with Gasteiger partial charge in [0, 0.05) is 7.05 Å². The van der Waals surface area contributed by atoms with Crippen LogP contribution in [0.5, 0.6) is 0 Å². The molecule has 3 N–H and O–H groups in total. The summed E-state index contributed by atoms with van der Waals surface area (Å²) >= 11 is 0. The van der Waals surface area contributed by atoms with Crippen LogP contribution in [-0.4, -0.2) is 7.05 Å². The second-order valence-electron chi connectivity index (χ2n) is 2.63. The normalized spacial score (nSPS) is 9.92. The summed E-state index contributed by atoms with van der Waals surface area (Å²) < 4.78 is 13.1. The molecule has 3 heteroatoms. The summed E-state index contributed by atoms with van der Waals surface area (Å²) in [5.74, 6) is -0.228. The lowest BCUT2D eigenvalue weighted by Crippen LogP contribution is -1.99. The van der Waals surface area contributed by atoms with E-state index in [4.69, 9.17) is 5.73 Å². The number of nitrogen functional groups attached to an aromatic ring is 1. The van der Waals surface area contributed by atoms with Gasteiger partial charge in [-0.15, -0.1) is 0 Å². The zero-order valence-electron chi connectivity index (χ0n) is 7.32. The van der Waals surface area contributed by atoms with Gasteiger partial charge in [-0.1, -0.05) is 6.92 Å². The lowest BCUT2D eigenvalue weighted by molar-refractivity contribution is 0.613. The van der Waals surface area contributed by atoms with Gasteiger partial charge in [-0.2, -0.15) is 0 Å². The maximum Gasteiger partial charge on any atom is 0.128 e. The number of hydrogen-bond acceptors (Lipinski definition) is 2. The van der Waals surface area contributed by atoms with Gasteiger partial charge in [0.25, 0.3) is 0 Å².